The second-order valence-corrected chi connectivity index (χ2v) is 6.04. The number of thioether (sulfide) groups is 1. The summed E-state index contributed by atoms with van der Waals surface area (Å²) in [5.74, 6) is 0.0947. The Morgan fingerprint density at radius 2 is 2.00 bits per heavy atom. The number of alkyl carbamates (subject to hydrolysis) is 1. The van der Waals surface area contributed by atoms with Gasteiger partial charge in [-0.3, -0.25) is 0 Å². The molecule has 0 aliphatic heterocycles. The Balaban J connectivity index is 2.29. The molecule has 0 aromatic heterocycles. The van der Waals surface area contributed by atoms with E-state index in [0.29, 0.717) is 17.9 Å². The molecule has 0 saturated carbocycles. The number of amides is 1. The number of hydrogen-bond donors (Lipinski definition) is 1. The lowest BCUT2D eigenvalue weighted by Gasteiger charge is -2.17. The van der Waals surface area contributed by atoms with Crippen molar-refractivity contribution in [1.82, 2.24) is 5.32 Å². The van der Waals surface area contributed by atoms with Crippen LogP contribution in [0, 0.1) is 0 Å². The van der Waals surface area contributed by atoms with Crippen LogP contribution in [-0.4, -0.2) is 50.8 Å². The molecule has 1 N–H and O–H groups in total. The summed E-state index contributed by atoms with van der Waals surface area (Å²) < 4.78 is 15.3. The van der Waals surface area contributed by atoms with E-state index in [1.54, 1.807) is 25.8 Å². The Kier molecular flexibility index (Phi) is 9.64. The first-order chi connectivity index (χ1) is 11.5. The highest BCUT2D eigenvalue weighted by molar-refractivity contribution is 7.99. The van der Waals surface area contributed by atoms with Gasteiger partial charge in [0.1, 0.15) is 12.7 Å². The molecule has 1 aromatic carbocycles. The van der Waals surface area contributed by atoms with Crippen LogP contribution in [-0.2, 0) is 19.0 Å². The molecule has 0 heterocycles. The molecular formula is C17H23NO5S. The van der Waals surface area contributed by atoms with Gasteiger partial charge in [0.15, 0.2) is 0 Å². The van der Waals surface area contributed by atoms with Gasteiger partial charge in [0.05, 0.1) is 13.2 Å². The van der Waals surface area contributed by atoms with Crippen molar-refractivity contribution in [3.8, 4) is 0 Å². The minimum atomic E-state index is -0.572. The number of carbonyl (C=O) groups is 2. The maximum Gasteiger partial charge on any atom is 0.407 e. The molecule has 0 fully saturated rings. The van der Waals surface area contributed by atoms with Gasteiger partial charge in [0.2, 0.25) is 0 Å². The minimum absolute atomic E-state index is 0.0640. The number of methoxy groups -OCH3 is 1. The topological polar surface area (TPSA) is 73.9 Å². The Hall–Kier alpha value is -1.99. The normalized spacial score (nSPS) is 11.4. The third kappa shape index (κ3) is 8.59. The van der Waals surface area contributed by atoms with Crippen molar-refractivity contribution in [2.75, 3.05) is 32.6 Å². The van der Waals surface area contributed by atoms with E-state index in [9.17, 15) is 9.59 Å². The van der Waals surface area contributed by atoms with Crippen LogP contribution in [0.1, 0.15) is 6.92 Å². The summed E-state index contributed by atoms with van der Waals surface area (Å²) in [6.45, 7) is 5.57. The molecule has 1 atom stereocenters. The van der Waals surface area contributed by atoms with Crippen LogP contribution in [0.4, 0.5) is 4.79 Å². The smallest absolute Gasteiger partial charge is 0.407 e. The van der Waals surface area contributed by atoms with E-state index in [2.05, 4.69) is 11.9 Å². The third-order valence-corrected chi connectivity index (χ3v) is 3.90. The van der Waals surface area contributed by atoms with Gasteiger partial charge in [-0.15, -0.1) is 11.8 Å². The molecule has 7 heteroatoms. The molecule has 132 valence electrons. The quantitative estimate of drug-likeness (QED) is 0.302. The zero-order valence-electron chi connectivity index (χ0n) is 13.9. The molecule has 0 saturated heterocycles. The summed E-state index contributed by atoms with van der Waals surface area (Å²) in [5, 5.41) is 2.53. The van der Waals surface area contributed by atoms with Gasteiger partial charge in [-0.05, 0) is 19.1 Å². The zero-order valence-corrected chi connectivity index (χ0v) is 14.8. The summed E-state index contributed by atoms with van der Waals surface area (Å²) in [6.07, 6.45) is -0.949. The van der Waals surface area contributed by atoms with Crippen LogP contribution in [0.15, 0.2) is 47.4 Å². The molecule has 6 nitrogen and oxygen atoms in total. The van der Waals surface area contributed by atoms with Gasteiger partial charge in [-0.25, -0.2) is 9.59 Å². The van der Waals surface area contributed by atoms with E-state index >= 15 is 0 Å². The van der Waals surface area contributed by atoms with Crippen molar-refractivity contribution in [3.63, 3.8) is 0 Å². The van der Waals surface area contributed by atoms with Gasteiger partial charge in [0, 0.05) is 23.3 Å². The van der Waals surface area contributed by atoms with Gasteiger partial charge >= 0.3 is 12.1 Å². The SMILES string of the molecule is C=C(C)C(=O)OCCNC(=O)OC(COC)CSc1ccccc1. The summed E-state index contributed by atoms with van der Waals surface area (Å²) >= 11 is 1.58. The van der Waals surface area contributed by atoms with E-state index in [0.717, 1.165) is 4.90 Å². The highest BCUT2D eigenvalue weighted by Crippen LogP contribution is 2.19. The Morgan fingerprint density at radius 1 is 1.29 bits per heavy atom. The number of hydrogen-bond acceptors (Lipinski definition) is 6. The first-order valence-electron chi connectivity index (χ1n) is 7.46. The fraction of sp³-hybridized carbons (Fsp3) is 0.412. The maximum atomic E-state index is 11.8. The monoisotopic (exact) mass is 353 g/mol. The minimum Gasteiger partial charge on any atom is -0.460 e. The number of benzene rings is 1. The molecule has 0 radical (unpaired) electrons. The van der Waals surface area contributed by atoms with Gasteiger partial charge < -0.3 is 19.5 Å². The lowest BCUT2D eigenvalue weighted by atomic mass is 10.4. The van der Waals surface area contributed by atoms with Crippen LogP contribution in [0.2, 0.25) is 0 Å². The summed E-state index contributed by atoms with van der Waals surface area (Å²) in [4.78, 5) is 24.0. The predicted octanol–water partition coefficient (Wildman–Crippen LogP) is 2.64. The van der Waals surface area contributed by atoms with Crippen molar-refractivity contribution >= 4 is 23.8 Å². The number of nitrogens with one attached hydrogen (secondary N) is 1. The second kappa shape index (κ2) is 11.5. The zero-order chi connectivity index (χ0) is 17.8. The summed E-state index contributed by atoms with van der Waals surface area (Å²) in [6, 6.07) is 9.83. The molecule has 1 amide bonds. The van der Waals surface area contributed by atoms with Crippen molar-refractivity contribution < 1.29 is 23.8 Å². The molecule has 0 aliphatic rings. The molecule has 0 spiro atoms. The van der Waals surface area contributed by atoms with Crippen LogP contribution in [0.5, 0.6) is 0 Å². The van der Waals surface area contributed by atoms with Crippen LogP contribution < -0.4 is 5.32 Å². The van der Waals surface area contributed by atoms with Crippen LogP contribution in [0.3, 0.4) is 0 Å². The number of rotatable bonds is 10. The fourth-order valence-electron chi connectivity index (χ4n) is 1.62. The molecule has 0 bridgehead atoms. The van der Waals surface area contributed by atoms with E-state index in [-0.39, 0.29) is 19.3 Å². The second-order valence-electron chi connectivity index (χ2n) is 4.95. The van der Waals surface area contributed by atoms with E-state index in [4.69, 9.17) is 14.2 Å². The van der Waals surface area contributed by atoms with Gasteiger partial charge in [-0.2, -0.15) is 0 Å². The Bertz CT molecular complexity index is 535. The van der Waals surface area contributed by atoms with Crippen molar-refractivity contribution in [2.24, 2.45) is 0 Å². The van der Waals surface area contributed by atoms with Gasteiger partial charge in [-0.1, -0.05) is 24.8 Å². The van der Waals surface area contributed by atoms with Crippen LogP contribution >= 0.6 is 11.8 Å². The van der Waals surface area contributed by atoms with Crippen molar-refractivity contribution in [3.05, 3.63) is 42.5 Å². The molecular weight excluding hydrogens is 330 g/mol. The highest BCUT2D eigenvalue weighted by atomic mass is 32.2. The van der Waals surface area contributed by atoms with E-state index in [1.807, 2.05) is 30.3 Å². The first-order valence-corrected chi connectivity index (χ1v) is 8.45. The van der Waals surface area contributed by atoms with Crippen molar-refractivity contribution in [1.29, 1.82) is 0 Å². The molecule has 24 heavy (non-hydrogen) atoms. The van der Waals surface area contributed by atoms with E-state index < -0.39 is 12.1 Å². The number of ether oxygens (including phenoxy) is 3. The van der Waals surface area contributed by atoms with E-state index in [1.165, 1.54) is 0 Å². The third-order valence-electron chi connectivity index (χ3n) is 2.76. The highest BCUT2D eigenvalue weighted by Gasteiger charge is 2.15. The standard InChI is InChI=1S/C17H23NO5S/c1-13(2)16(19)22-10-9-18-17(20)23-14(11-21-3)12-24-15-7-5-4-6-8-15/h4-8,14H,1,9-12H2,2-3H3,(H,18,20). The average Bonchev–Trinajstić information content (AvgIpc) is 2.57. The average molecular weight is 353 g/mol. The lowest BCUT2D eigenvalue weighted by Crippen LogP contribution is -2.34. The van der Waals surface area contributed by atoms with Crippen molar-refractivity contribution in [2.45, 2.75) is 17.9 Å². The van der Waals surface area contributed by atoms with Gasteiger partial charge in [0.25, 0.3) is 0 Å². The molecule has 1 rings (SSSR count). The largest absolute Gasteiger partial charge is 0.460 e. The maximum absolute atomic E-state index is 11.8. The Labute approximate surface area is 146 Å². The molecule has 1 unspecified atom stereocenters. The predicted molar refractivity (Wildman–Crippen MR) is 93.1 cm³/mol. The summed E-state index contributed by atoms with van der Waals surface area (Å²) in [7, 11) is 1.55. The molecule has 0 aliphatic carbocycles. The lowest BCUT2D eigenvalue weighted by molar-refractivity contribution is -0.138. The number of esters is 1. The molecule has 1 aromatic rings. The number of carbonyl (C=O) groups excluding carboxylic acids is 2. The van der Waals surface area contributed by atoms with Crippen LogP contribution in [0.25, 0.3) is 0 Å². The fourth-order valence-corrected chi connectivity index (χ4v) is 2.51. The Morgan fingerprint density at radius 3 is 2.62 bits per heavy atom. The first kappa shape index (κ1) is 20.1. The summed E-state index contributed by atoms with van der Waals surface area (Å²) in [5.41, 5.74) is 0.315.